The van der Waals surface area contributed by atoms with Crippen LogP contribution >= 0.6 is 0 Å². The van der Waals surface area contributed by atoms with Crippen molar-refractivity contribution in [1.29, 1.82) is 0 Å². The molecule has 0 spiro atoms. The highest BCUT2D eigenvalue weighted by Gasteiger charge is 2.13. The number of rotatable bonds is 13. The number of hydrogen-bond donors (Lipinski definition) is 2. The van der Waals surface area contributed by atoms with Gasteiger partial charge < -0.3 is 15.9 Å². The van der Waals surface area contributed by atoms with Gasteiger partial charge >= 0.3 is 0 Å². The summed E-state index contributed by atoms with van der Waals surface area (Å²) >= 11 is 0. The SMILES string of the molecule is CCCCCCCCCCCCNC(C)(C)CO.O. The fraction of sp³-hybridized carbons (Fsp3) is 1.00. The van der Waals surface area contributed by atoms with Gasteiger partial charge in [0.25, 0.3) is 0 Å². The molecule has 0 aromatic rings. The van der Waals surface area contributed by atoms with Crippen molar-refractivity contribution in [3.8, 4) is 0 Å². The van der Waals surface area contributed by atoms with Crippen LogP contribution in [0.3, 0.4) is 0 Å². The van der Waals surface area contributed by atoms with Gasteiger partial charge in [-0.1, -0.05) is 64.7 Å². The molecule has 0 aromatic carbocycles. The molecule has 0 radical (unpaired) electrons. The van der Waals surface area contributed by atoms with E-state index < -0.39 is 0 Å². The first-order valence-corrected chi connectivity index (χ1v) is 7.98. The summed E-state index contributed by atoms with van der Waals surface area (Å²) in [6.07, 6.45) is 13.8. The summed E-state index contributed by atoms with van der Waals surface area (Å²) < 4.78 is 0. The molecule has 0 aliphatic heterocycles. The Morgan fingerprint density at radius 3 is 1.63 bits per heavy atom. The zero-order chi connectivity index (χ0) is 13.7. The van der Waals surface area contributed by atoms with Gasteiger partial charge in [-0.25, -0.2) is 0 Å². The minimum absolute atomic E-state index is 0. The molecule has 0 rings (SSSR count). The van der Waals surface area contributed by atoms with Crippen LogP contribution < -0.4 is 5.32 Å². The summed E-state index contributed by atoms with van der Waals surface area (Å²) in [5.74, 6) is 0. The molecule has 0 aliphatic carbocycles. The second-order valence-electron chi connectivity index (χ2n) is 6.15. The molecular weight excluding hydrogens is 238 g/mol. The average Bonchev–Trinajstić information content (AvgIpc) is 2.36. The van der Waals surface area contributed by atoms with E-state index in [2.05, 4.69) is 12.2 Å². The highest BCUT2D eigenvalue weighted by atomic mass is 16.3. The fourth-order valence-electron chi connectivity index (χ4n) is 2.10. The van der Waals surface area contributed by atoms with Gasteiger partial charge in [-0.3, -0.25) is 0 Å². The van der Waals surface area contributed by atoms with Crippen molar-refractivity contribution in [3.05, 3.63) is 0 Å². The van der Waals surface area contributed by atoms with Gasteiger partial charge in [-0.2, -0.15) is 0 Å². The van der Waals surface area contributed by atoms with E-state index >= 15 is 0 Å². The highest BCUT2D eigenvalue weighted by Crippen LogP contribution is 2.10. The van der Waals surface area contributed by atoms with Crippen molar-refractivity contribution in [2.24, 2.45) is 0 Å². The van der Waals surface area contributed by atoms with E-state index in [1.165, 1.54) is 64.2 Å². The summed E-state index contributed by atoms with van der Waals surface area (Å²) in [7, 11) is 0. The first-order valence-electron chi connectivity index (χ1n) is 7.98. The molecule has 0 unspecified atom stereocenters. The third-order valence-electron chi connectivity index (χ3n) is 3.53. The third-order valence-corrected chi connectivity index (χ3v) is 3.53. The number of aliphatic hydroxyl groups is 1. The third kappa shape index (κ3) is 15.8. The molecule has 0 aromatic heterocycles. The lowest BCUT2D eigenvalue weighted by Gasteiger charge is -2.23. The van der Waals surface area contributed by atoms with E-state index in [-0.39, 0.29) is 17.6 Å². The minimum atomic E-state index is -0.112. The van der Waals surface area contributed by atoms with Gasteiger partial charge in [-0.15, -0.1) is 0 Å². The molecule has 4 N–H and O–H groups in total. The number of aliphatic hydroxyl groups excluding tert-OH is 1. The monoisotopic (exact) mass is 275 g/mol. The van der Waals surface area contributed by atoms with Crippen LogP contribution in [0.15, 0.2) is 0 Å². The zero-order valence-electron chi connectivity index (χ0n) is 13.4. The summed E-state index contributed by atoms with van der Waals surface area (Å²) in [4.78, 5) is 0. The van der Waals surface area contributed by atoms with Crippen LogP contribution in [0.4, 0.5) is 0 Å². The molecule has 19 heavy (non-hydrogen) atoms. The Morgan fingerprint density at radius 1 is 0.789 bits per heavy atom. The van der Waals surface area contributed by atoms with Crippen LogP contribution in [0, 0.1) is 0 Å². The van der Waals surface area contributed by atoms with Crippen LogP contribution in [0.2, 0.25) is 0 Å². The quantitative estimate of drug-likeness (QED) is 0.506. The highest BCUT2D eigenvalue weighted by molar-refractivity contribution is 4.75. The van der Waals surface area contributed by atoms with E-state index in [1.54, 1.807) is 0 Å². The van der Waals surface area contributed by atoms with Crippen LogP contribution in [0.25, 0.3) is 0 Å². The van der Waals surface area contributed by atoms with Crippen molar-refractivity contribution in [1.82, 2.24) is 5.32 Å². The molecule has 0 saturated heterocycles. The standard InChI is InChI=1S/C16H35NO.H2O/c1-4-5-6-7-8-9-10-11-12-13-14-17-16(2,3)15-18;/h17-18H,4-15H2,1-3H3;1H2. The van der Waals surface area contributed by atoms with E-state index in [9.17, 15) is 0 Å². The molecule has 0 bridgehead atoms. The van der Waals surface area contributed by atoms with Gasteiger partial charge in [0.1, 0.15) is 0 Å². The van der Waals surface area contributed by atoms with Gasteiger partial charge in [0.05, 0.1) is 6.61 Å². The van der Waals surface area contributed by atoms with Crippen molar-refractivity contribution in [2.75, 3.05) is 13.2 Å². The maximum absolute atomic E-state index is 9.09. The van der Waals surface area contributed by atoms with Crippen molar-refractivity contribution in [2.45, 2.75) is 90.5 Å². The van der Waals surface area contributed by atoms with E-state index in [4.69, 9.17) is 5.11 Å². The Hall–Kier alpha value is -0.120. The van der Waals surface area contributed by atoms with Crippen LogP contribution in [-0.2, 0) is 0 Å². The molecule has 118 valence electrons. The fourth-order valence-corrected chi connectivity index (χ4v) is 2.10. The predicted molar refractivity (Wildman–Crippen MR) is 84.6 cm³/mol. The van der Waals surface area contributed by atoms with E-state index in [0.29, 0.717) is 0 Å². The summed E-state index contributed by atoms with van der Waals surface area (Å²) in [5.41, 5.74) is -0.112. The Morgan fingerprint density at radius 2 is 1.21 bits per heavy atom. The lowest BCUT2D eigenvalue weighted by Crippen LogP contribution is -2.43. The van der Waals surface area contributed by atoms with Crippen LogP contribution in [-0.4, -0.2) is 29.3 Å². The van der Waals surface area contributed by atoms with Crippen molar-refractivity contribution < 1.29 is 10.6 Å². The number of hydrogen-bond acceptors (Lipinski definition) is 2. The maximum Gasteiger partial charge on any atom is 0.0607 e. The topological polar surface area (TPSA) is 63.8 Å². The number of nitrogens with one attached hydrogen (secondary N) is 1. The molecular formula is C16H37NO2. The first kappa shape index (κ1) is 21.2. The van der Waals surface area contributed by atoms with Gasteiger partial charge in [-0.05, 0) is 26.8 Å². The summed E-state index contributed by atoms with van der Waals surface area (Å²) in [6, 6.07) is 0. The zero-order valence-corrected chi connectivity index (χ0v) is 13.4. The second kappa shape index (κ2) is 14.3. The van der Waals surface area contributed by atoms with E-state index in [0.717, 1.165) is 6.54 Å². The van der Waals surface area contributed by atoms with Crippen LogP contribution in [0.5, 0.6) is 0 Å². The minimum Gasteiger partial charge on any atom is -0.412 e. The average molecular weight is 275 g/mol. The van der Waals surface area contributed by atoms with E-state index in [1.807, 2.05) is 13.8 Å². The second-order valence-corrected chi connectivity index (χ2v) is 6.15. The van der Waals surface area contributed by atoms with Gasteiger partial charge in [0.15, 0.2) is 0 Å². The molecule has 0 amide bonds. The lowest BCUT2D eigenvalue weighted by molar-refractivity contribution is 0.188. The predicted octanol–water partition coefficient (Wildman–Crippen LogP) is 3.44. The van der Waals surface area contributed by atoms with Crippen molar-refractivity contribution >= 4 is 0 Å². The Bertz CT molecular complexity index is 172. The largest absolute Gasteiger partial charge is 0.412 e. The van der Waals surface area contributed by atoms with Crippen LogP contribution in [0.1, 0.15) is 85.0 Å². The molecule has 3 nitrogen and oxygen atoms in total. The first-order chi connectivity index (χ1) is 8.62. The Kier molecular flexibility index (Phi) is 15.9. The summed E-state index contributed by atoms with van der Waals surface area (Å²) in [5, 5.41) is 12.5. The van der Waals surface area contributed by atoms with Crippen molar-refractivity contribution in [3.63, 3.8) is 0 Å². The number of unbranched alkanes of at least 4 members (excludes halogenated alkanes) is 9. The molecule has 0 atom stereocenters. The Labute approximate surface area is 120 Å². The molecule has 0 heterocycles. The summed E-state index contributed by atoms with van der Waals surface area (Å²) in [6.45, 7) is 7.60. The molecule has 0 saturated carbocycles. The normalized spacial score (nSPS) is 11.4. The lowest BCUT2D eigenvalue weighted by atomic mass is 10.1. The molecule has 3 heteroatoms. The Balaban J connectivity index is 0. The van der Waals surface area contributed by atoms with Gasteiger partial charge in [0, 0.05) is 5.54 Å². The smallest absolute Gasteiger partial charge is 0.0607 e. The molecule has 0 fully saturated rings. The molecule has 0 aliphatic rings. The maximum atomic E-state index is 9.09. The van der Waals surface area contributed by atoms with Gasteiger partial charge in [0.2, 0.25) is 0 Å².